The van der Waals surface area contributed by atoms with Crippen LogP contribution in [-0.2, 0) is 14.4 Å². The number of carbonyl (C=O) groups is 3. The molecule has 0 bridgehead atoms. The zero-order valence-electron chi connectivity index (χ0n) is 8.08. The molecule has 2 amide bonds. The Morgan fingerprint density at radius 1 is 1.21 bits per heavy atom. The van der Waals surface area contributed by atoms with Crippen LogP contribution >= 0.6 is 0 Å². The van der Waals surface area contributed by atoms with E-state index in [0.717, 1.165) is 6.42 Å². The van der Waals surface area contributed by atoms with E-state index < -0.39 is 0 Å². The van der Waals surface area contributed by atoms with Crippen LogP contribution in [0.4, 0.5) is 0 Å². The Bertz CT molecular complexity index is 310. The van der Waals surface area contributed by atoms with Crippen molar-refractivity contribution in [2.75, 3.05) is 0 Å². The second-order valence-corrected chi connectivity index (χ2v) is 4.19. The van der Waals surface area contributed by atoms with Crippen LogP contribution < -0.4 is 5.32 Å². The van der Waals surface area contributed by atoms with Gasteiger partial charge in [0.05, 0.1) is 11.8 Å². The van der Waals surface area contributed by atoms with Gasteiger partial charge in [-0.2, -0.15) is 0 Å². The van der Waals surface area contributed by atoms with Crippen molar-refractivity contribution < 1.29 is 14.4 Å². The summed E-state index contributed by atoms with van der Waals surface area (Å²) in [5.74, 6) is -0.639. The molecule has 2 aliphatic rings. The van der Waals surface area contributed by atoms with Crippen LogP contribution in [-0.4, -0.2) is 17.6 Å². The molecule has 1 saturated heterocycles. The van der Waals surface area contributed by atoms with E-state index in [1.807, 2.05) is 0 Å². The summed E-state index contributed by atoms with van der Waals surface area (Å²) in [4.78, 5) is 33.8. The Morgan fingerprint density at radius 3 is 2.50 bits per heavy atom. The minimum Gasteiger partial charge on any atom is -0.300 e. The lowest BCUT2D eigenvalue weighted by atomic mass is 9.74. The van der Waals surface area contributed by atoms with Gasteiger partial charge in [-0.1, -0.05) is 0 Å². The summed E-state index contributed by atoms with van der Waals surface area (Å²) in [6.45, 7) is 1.56. The SMILES string of the molecule is CC(=O)C1CCC2C(=O)NC(=O)C2C1. The number of rotatable bonds is 1. The summed E-state index contributed by atoms with van der Waals surface area (Å²) >= 11 is 0. The second-order valence-electron chi connectivity index (χ2n) is 4.19. The van der Waals surface area contributed by atoms with E-state index in [4.69, 9.17) is 0 Å². The Morgan fingerprint density at radius 2 is 1.86 bits per heavy atom. The molecule has 14 heavy (non-hydrogen) atoms. The van der Waals surface area contributed by atoms with Gasteiger partial charge in [0.2, 0.25) is 11.8 Å². The predicted octanol–water partition coefficient (Wildman–Crippen LogP) is 0.264. The van der Waals surface area contributed by atoms with Crippen LogP contribution in [0.1, 0.15) is 26.2 Å². The quantitative estimate of drug-likeness (QED) is 0.610. The normalized spacial score (nSPS) is 36.5. The fraction of sp³-hybridized carbons (Fsp3) is 0.700. The highest BCUT2D eigenvalue weighted by Gasteiger charge is 2.45. The first-order valence-corrected chi connectivity index (χ1v) is 4.94. The molecule has 0 aromatic rings. The summed E-state index contributed by atoms with van der Waals surface area (Å²) in [5.41, 5.74) is 0. The van der Waals surface area contributed by atoms with Crippen LogP contribution in [0.2, 0.25) is 0 Å². The molecule has 0 spiro atoms. The Labute approximate surface area is 82.0 Å². The average Bonchev–Trinajstić information content (AvgIpc) is 2.42. The molecule has 0 radical (unpaired) electrons. The van der Waals surface area contributed by atoms with E-state index in [-0.39, 0.29) is 35.4 Å². The number of imide groups is 1. The fourth-order valence-corrected chi connectivity index (χ4v) is 2.45. The summed E-state index contributed by atoms with van der Waals surface area (Å²) in [5, 5.41) is 2.33. The number of ketones is 1. The van der Waals surface area contributed by atoms with E-state index in [2.05, 4.69) is 5.32 Å². The molecule has 1 aliphatic carbocycles. The zero-order chi connectivity index (χ0) is 10.3. The van der Waals surface area contributed by atoms with Gasteiger partial charge in [-0.25, -0.2) is 0 Å². The molecule has 1 N–H and O–H groups in total. The third kappa shape index (κ3) is 1.35. The average molecular weight is 195 g/mol. The van der Waals surface area contributed by atoms with Crippen molar-refractivity contribution in [2.45, 2.75) is 26.2 Å². The number of fused-ring (bicyclic) bond motifs is 1. The Balaban J connectivity index is 2.13. The predicted molar refractivity (Wildman–Crippen MR) is 48.2 cm³/mol. The van der Waals surface area contributed by atoms with Crippen molar-refractivity contribution in [1.82, 2.24) is 5.32 Å². The lowest BCUT2D eigenvalue weighted by Gasteiger charge is -2.26. The van der Waals surface area contributed by atoms with E-state index in [1.165, 1.54) is 0 Å². The van der Waals surface area contributed by atoms with Gasteiger partial charge in [-0.15, -0.1) is 0 Å². The standard InChI is InChI=1S/C10H13NO3/c1-5(12)6-2-3-7-8(4-6)10(14)11-9(7)13/h6-8H,2-4H2,1H3,(H,11,13,14). The van der Waals surface area contributed by atoms with Gasteiger partial charge in [0.1, 0.15) is 5.78 Å². The smallest absolute Gasteiger partial charge is 0.230 e. The third-order valence-electron chi connectivity index (χ3n) is 3.35. The van der Waals surface area contributed by atoms with Gasteiger partial charge in [0.15, 0.2) is 0 Å². The van der Waals surface area contributed by atoms with Gasteiger partial charge < -0.3 is 0 Å². The first kappa shape index (κ1) is 9.37. The first-order valence-electron chi connectivity index (χ1n) is 4.94. The van der Waals surface area contributed by atoms with Gasteiger partial charge in [-0.3, -0.25) is 19.7 Å². The number of hydrogen-bond donors (Lipinski definition) is 1. The molecule has 4 heteroatoms. The summed E-state index contributed by atoms with van der Waals surface area (Å²) in [6.07, 6.45) is 1.97. The molecular weight excluding hydrogens is 182 g/mol. The number of carbonyl (C=O) groups excluding carboxylic acids is 3. The monoisotopic (exact) mass is 195 g/mol. The first-order chi connectivity index (χ1) is 6.59. The summed E-state index contributed by atoms with van der Waals surface area (Å²) < 4.78 is 0. The molecule has 0 aromatic carbocycles. The van der Waals surface area contributed by atoms with Crippen molar-refractivity contribution in [2.24, 2.45) is 17.8 Å². The highest BCUT2D eigenvalue weighted by Crippen LogP contribution is 2.37. The molecule has 0 aromatic heterocycles. The molecule has 3 atom stereocenters. The number of amides is 2. The highest BCUT2D eigenvalue weighted by molar-refractivity contribution is 6.05. The van der Waals surface area contributed by atoms with E-state index in [9.17, 15) is 14.4 Å². The van der Waals surface area contributed by atoms with Gasteiger partial charge in [0.25, 0.3) is 0 Å². The lowest BCUT2D eigenvalue weighted by molar-refractivity contribution is -0.127. The van der Waals surface area contributed by atoms with E-state index in [1.54, 1.807) is 6.92 Å². The van der Waals surface area contributed by atoms with Crippen molar-refractivity contribution in [3.05, 3.63) is 0 Å². The van der Waals surface area contributed by atoms with Crippen LogP contribution in [0.3, 0.4) is 0 Å². The van der Waals surface area contributed by atoms with Crippen molar-refractivity contribution in [3.8, 4) is 0 Å². The van der Waals surface area contributed by atoms with Crippen LogP contribution in [0, 0.1) is 17.8 Å². The molecule has 1 saturated carbocycles. The zero-order valence-corrected chi connectivity index (χ0v) is 8.08. The molecule has 76 valence electrons. The van der Waals surface area contributed by atoms with Gasteiger partial charge in [-0.05, 0) is 26.2 Å². The molecule has 4 nitrogen and oxygen atoms in total. The largest absolute Gasteiger partial charge is 0.300 e. The maximum Gasteiger partial charge on any atom is 0.230 e. The van der Waals surface area contributed by atoms with Crippen molar-refractivity contribution in [3.63, 3.8) is 0 Å². The lowest BCUT2D eigenvalue weighted by Crippen LogP contribution is -2.29. The number of nitrogens with one attached hydrogen (secondary N) is 1. The highest BCUT2D eigenvalue weighted by atomic mass is 16.2. The maximum atomic E-state index is 11.3. The van der Waals surface area contributed by atoms with Crippen molar-refractivity contribution in [1.29, 1.82) is 0 Å². The molecule has 3 unspecified atom stereocenters. The second kappa shape index (κ2) is 3.19. The molecular formula is C10H13NO3. The Kier molecular flexibility index (Phi) is 2.13. The summed E-state index contributed by atoms with van der Waals surface area (Å²) in [6, 6.07) is 0. The van der Waals surface area contributed by atoms with Gasteiger partial charge >= 0.3 is 0 Å². The minimum atomic E-state index is -0.245. The van der Waals surface area contributed by atoms with E-state index >= 15 is 0 Å². The minimum absolute atomic E-state index is 0.0205. The molecule has 2 fully saturated rings. The molecule has 1 aliphatic heterocycles. The van der Waals surface area contributed by atoms with Crippen LogP contribution in [0.25, 0.3) is 0 Å². The summed E-state index contributed by atoms with van der Waals surface area (Å²) in [7, 11) is 0. The maximum absolute atomic E-state index is 11.3. The van der Waals surface area contributed by atoms with Crippen LogP contribution in [0.5, 0.6) is 0 Å². The number of hydrogen-bond acceptors (Lipinski definition) is 3. The topological polar surface area (TPSA) is 63.2 Å². The van der Waals surface area contributed by atoms with Crippen molar-refractivity contribution >= 4 is 17.6 Å². The third-order valence-corrected chi connectivity index (χ3v) is 3.35. The van der Waals surface area contributed by atoms with E-state index in [0.29, 0.717) is 12.8 Å². The van der Waals surface area contributed by atoms with Gasteiger partial charge in [0, 0.05) is 5.92 Å². The van der Waals surface area contributed by atoms with Crippen LogP contribution in [0.15, 0.2) is 0 Å². The number of Topliss-reactive ketones (excluding diaryl/α,β-unsaturated/α-hetero) is 1. The fourth-order valence-electron chi connectivity index (χ4n) is 2.45. The molecule has 1 heterocycles. The Hall–Kier alpha value is -1.19. The molecule has 2 rings (SSSR count).